The highest BCUT2D eigenvalue weighted by atomic mass is 19.1. The van der Waals surface area contributed by atoms with Gasteiger partial charge in [-0.3, -0.25) is 24.6 Å². The molecule has 3 aromatic carbocycles. The van der Waals surface area contributed by atoms with E-state index in [1.54, 1.807) is 36.4 Å². The maximum Gasteiger partial charge on any atom is 0.300 e. The number of nitrogens with zero attached hydrogens (tertiary/aromatic N) is 2. The lowest BCUT2D eigenvalue weighted by Crippen LogP contribution is -2.29. The molecule has 1 fully saturated rings. The summed E-state index contributed by atoms with van der Waals surface area (Å²) in [5.74, 6) is -3.08. The summed E-state index contributed by atoms with van der Waals surface area (Å²) < 4.78 is 14.7. The number of non-ortho nitro benzene ring substituents is 1. The average molecular weight is 418 g/mol. The lowest BCUT2D eigenvalue weighted by molar-refractivity contribution is -0.384. The quantitative estimate of drug-likeness (QED) is 0.223. The van der Waals surface area contributed by atoms with Crippen LogP contribution in [0.15, 0.2) is 84.4 Å². The fourth-order valence-electron chi connectivity index (χ4n) is 3.58. The third-order valence-electron chi connectivity index (χ3n) is 5.03. The van der Waals surface area contributed by atoms with E-state index in [-0.39, 0.29) is 22.4 Å². The molecule has 7 nitrogen and oxygen atoms in total. The Bertz CT molecular complexity index is 1220. The van der Waals surface area contributed by atoms with Gasteiger partial charge in [0.05, 0.1) is 16.5 Å². The fraction of sp³-hybridized carbons (Fsp3) is 0.0435. The lowest BCUT2D eigenvalue weighted by Gasteiger charge is -2.25. The van der Waals surface area contributed by atoms with E-state index in [0.29, 0.717) is 5.69 Å². The molecule has 1 heterocycles. The number of para-hydroxylation sites is 1. The third kappa shape index (κ3) is 3.44. The van der Waals surface area contributed by atoms with Crippen molar-refractivity contribution >= 4 is 28.8 Å². The molecule has 154 valence electrons. The van der Waals surface area contributed by atoms with Crippen molar-refractivity contribution in [1.82, 2.24) is 0 Å². The van der Waals surface area contributed by atoms with E-state index in [4.69, 9.17) is 0 Å². The van der Waals surface area contributed by atoms with Gasteiger partial charge < -0.3 is 5.11 Å². The van der Waals surface area contributed by atoms with Gasteiger partial charge in [0.15, 0.2) is 0 Å². The van der Waals surface area contributed by atoms with Crippen LogP contribution in [0, 0.1) is 15.9 Å². The predicted molar refractivity (Wildman–Crippen MR) is 111 cm³/mol. The molecule has 1 amide bonds. The molecule has 1 unspecified atom stereocenters. The van der Waals surface area contributed by atoms with Crippen LogP contribution in [0.3, 0.4) is 0 Å². The van der Waals surface area contributed by atoms with Gasteiger partial charge in [0.25, 0.3) is 17.4 Å². The summed E-state index contributed by atoms with van der Waals surface area (Å²) in [5.41, 5.74) is -0.00707. The maximum absolute atomic E-state index is 14.7. The van der Waals surface area contributed by atoms with Gasteiger partial charge in [0.2, 0.25) is 0 Å². The molecule has 1 atom stereocenters. The van der Waals surface area contributed by atoms with E-state index in [9.17, 15) is 29.2 Å². The molecule has 0 spiro atoms. The maximum atomic E-state index is 14.7. The highest BCUT2D eigenvalue weighted by molar-refractivity contribution is 6.51. The number of ketones is 1. The number of rotatable bonds is 4. The van der Waals surface area contributed by atoms with Crippen molar-refractivity contribution in [2.45, 2.75) is 6.04 Å². The number of anilines is 1. The van der Waals surface area contributed by atoms with Crippen molar-refractivity contribution in [1.29, 1.82) is 0 Å². The molecule has 3 aromatic rings. The van der Waals surface area contributed by atoms with E-state index < -0.39 is 34.2 Å². The first-order valence-electron chi connectivity index (χ1n) is 9.25. The molecule has 1 aliphatic rings. The second-order valence-electron chi connectivity index (χ2n) is 6.83. The van der Waals surface area contributed by atoms with Crippen LogP contribution >= 0.6 is 0 Å². The Morgan fingerprint density at radius 2 is 1.55 bits per heavy atom. The zero-order chi connectivity index (χ0) is 22.1. The van der Waals surface area contributed by atoms with Crippen LogP contribution in [-0.4, -0.2) is 21.7 Å². The molecule has 1 N–H and O–H groups in total. The molecule has 8 heteroatoms. The van der Waals surface area contributed by atoms with Gasteiger partial charge in [-0.2, -0.15) is 0 Å². The number of nitro benzene ring substituents is 1. The third-order valence-corrected chi connectivity index (χ3v) is 5.03. The number of carbonyl (C=O) groups excluding carboxylic acids is 2. The molecule has 1 aliphatic heterocycles. The minimum Gasteiger partial charge on any atom is -0.507 e. The Morgan fingerprint density at radius 3 is 2.16 bits per heavy atom. The molecule has 31 heavy (non-hydrogen) atoms. The van der Waals surface area contributed by atoms with Crippen molar-refractivity contribution in [3.8, 4) is 0 Å². The number of aliphatic hydroxyl groups is 1. The van der Waals surface area contributed by atoms with E-state index in [0.717, 1.165) is 4.90 Å². The minimum absolute atomic E-state index is 0.0361. The number of aliphatic hydroxyl groups excluding tert-OH is 1. The molecule has 0 aromatic heterocycles. The number of Topliss-reactive ketones (excluding diaryl/α,β-unsaturated/α-hetero) is 1. The van der Waals surface area contributed by atoms with Crippen LogP contribution in [0.5, 0.6) is 0 Å². The van der Waals surface area contributed by atoms with Crippen LogP contribution in [0.1, 0.15) is 17.2 Å². The topological polar surface area (TPSA) is 101 Å². The van der Waals surface area contributed by atoms with Crippen LogP contribution in [0.2, 0.25) is 0 Å². The number of halogens is 1. The predicted octanol–water partition coefficient (Wildman–Crippen LogP) is 4.36. The lowest BCUT2D eigenvalue weighted by atomic mass is 9.94. The summed E-state index contributed by atoms with van der Waals surface area (Å²) in [5, 5.41) is 21.8. The molecule has 1 saturated heterocycles. The number of amides is 1. The summed E-state index contributed by atoms with van der Waals surface area (Å²) in [6.45, 7) is 0. The van der Waals surface area contributed by atoms with Crippen molar-refractivity contribution in [2.24, 2.45) is 0 Å². The summed E-state index contributed by atoms with van der Waals surface area (Å²) in [4.78, 5) is 37.3. The molecular formula is C23H15FN2O5. The van der Waals surface area contributed by atoms with Gasteiger partial charge in [0.1, 0.15) is 11.6 Å². The highest BCUT2D eigenvalue weighted by Gasteiger charge is 2.47. The van der Waals surface area contributed by atoms with Crippen LogP contribution in [0.4, 0.5) is 15.8 Å². The molecule has 4 rings (SSSR count). The zero-order valence-electron chi connectivity index (χ0n) is 15.9. The summed E-state index contributed by atoms with van der Waals surface area (Å²) in [7, 11) is 0. The monoisotopic (exact) mass is 418 g/mol. The average Bonchev–Trinajstić information content (AvgIpc) is 3.04. The Labute approximate surface area is 175 Å². The molecular weight excluding hydrogens is 403 g/mol. The van der Waals surface area contributed by atoms with E-state index in [1.807, 2.05) is 0 Å². The first kappa shape index (κ1) is 20.0. The van der Waals surface area contributed by atoms with Gasteiger partial charge in [-0.25, -0.2) is 4.39 Å². The second-order valence-corrected chi connectivity index (χ2v) is 6.83. The van der Waals surface area contributed by atoms with Crippen molar-refractivity contribution in [3.05, 3.63) is 111 Å². The number of hydrogen-bond acceptors (Lipinski definition) is 5. The fourth-order valence-corrected chi connectivity index (χ4v) is 3.58. The smallest absolute Gasteiger partial charge is 0.300 e. The van der Waals surface area contributed by atoms with E-state index >= 15 is 0 Å². The van der Waals surface area contributed by atoms with Gasteiger partial charge in [-0.05, 0) is 30.3 Å². The first-order chi connectivity index (χ1) is 14.9. The SMILES string of the molecule is O=C1C(=O)N(c2ccccc2)C(c2ccccc2F)C1=C(O)c1ccc([N+](=O)[O-])cc1. The Morgan fingerprint density at radius 1 is 0.935 bits per heavy atom. The van der Waals surface area contributed by atoms with E-state index in [2.05, 4.69) is 0 Å². The minimum atomic E-state index is -1.21. The molecule has 0 radical (unpaired) electrons. The number of hydrogen-bond donors (Lipinski definition) is 1. The molecule has 0 aliphatic carbocycles. The standard InChI is InChI=1S/C23H15FN2O5/c24-18-9-5-4-8-17(18)20-19(21(27)14-10-12-16(13-11-14)26(30)31)22(28)23(29)25(20)15-6-2-1-3-7-15/h1-13,20,27H. The largest absolute Gasteiger partial charge is 0.507 e. The Balaban J connectivity index is 1.93. The zero-order valence-corrected chi connectivity index (χ0v) is 15.9. The molecule has 0 bridgehead atoms. The summed E-state index contributed by atoms with van der Waals surface area (Å²) in [6.07, 6.45) is 0. The molecule has 0 saturated carbocycles. The van der Waals surface area contributed by atoms with Crippen molar-refractivity contribution < 1.29 is 24.0 Å². The number of benzene rings is 3. The van der Waals surface area contributed by atoms with Crippen LogP contribution in [-0.2, 0) is 9.59 Å². The Hall–Kier alpha value is -4.33. The first-order valence-corrected chi connectivity index (χ1v) is 9.25. The number of nitro groups is 1. The normalized spacial score (nSPS) is 17.7. The number of carbonyl (C=O) groups is 2. The summed E-state index contributed by atoms with van der Waals surface area (Å²) in [6, 6.07) is 17.6. The van der Waals surface area contributed by atoms with Crippen LogP contribution < -0.4 is 4.90 Å². The van der Waals surface area contributed by atoms with Crippen molar-refractivity contribution in [2.75, 3.05) is 4.90 Å². The van der Waals surface area contributed by atoms with E-state index in [1.165, 1.54) is 42.5 Å². The summed E-state index contributed by atoms with van der Waals surface area (Å²) >= 11 is 0. The van der Waals surface area contributed by atoms with Gasteiger partial charge in [-0.1, -0.05) is 36.4 Å². The highest BCUT2D eigenvalue weighted by Crippen LogP contribution is 2.42. The van der Waals surface area contributed by atoms with Gasteiger partial charge in [-0.15, -0.1) is 0 Å². The van der Waals surface area contributed by atoms with Crippen molar-refractivity contribution in [3.63, 3.8) is 0 Å². The van der Waals surface area contributed by atoms with Gasteiger partial charge in [0, 0.05) is 28.9 Å². The second kappa shape index (κ2) is 7.83. The Kier molecular flexibility index (Phi) is 5.04. The van der Waals surface area contributed by atoms with Gasteiger partial charge >= 0.3 is 0 Å². The van der Waals surface area contributed by atoms with Crippen LogP contribution in [0.25, 0.3) is 5.76 Å².